The van der Waals surface area contributed by atoms with E-state index in [0.717, 1.165) is 40.6 Å². The van der Waals surface area contributed by atoms with E-state index in [4.69, 9.17) is 10.7 Å². The maximum absolute atomic E-state index is 11.4. The van der Waals surface area contributed by atoms with Gasteiger partial charge in [0.1, 0.15) is 5.82 Å². The van der Waals surface area contributed by atoms with Gasteiger partial charge in [0.05, 0.1) is 5.52 Å². The molecule has 0 radical (unpaired) electrons. The number of anilines is 1. The molecule has 1 aliphatic carbocycles. The third-order valence-electron chi connectivity index (χ3n) is 3.97. The number of hydrogen-bond acceptors (Lipinski definition) is 4. The van der Waals surface area contributed by atoms with Crippen molar-refractivity contribution in [3.8, 4) is 0 Å². The number of carbonyl (C=O) groups excluding carboxylic acids is 1. The van der Waals surface area contributed by atoms with E-state index in [1.807, 2.05) is 6.07 Å². The summed E-state index contributed by atoms with van der Waals surface area (Å²) in [6.45, 7) is 0. The number of thiophene rings is 1. The van der Waals surface area contributed by atoms with Crippen molar-refractivity contribution in [2.75, 3.05) is 5.32 Å². The number of aromatic nitrogens is 1. The van der Waals surface area contributed by atoms with Crippen molar-refractivity contribution in [2.24, 2.45) is 5.73 Å². The Hall–Kier alpha value is -2.66. The molecule has 0 atom stereocenters. The van der Waals surface area contributed by atoms with E-state index in [9.17, 15) is 4.79 Å². The topological polar surface area (TPSA) is 68.0 Å². The van der Waals surface area contributed by atoms with Crippen molar-refractivity contribution in [3.63, 3.8) is 0 Å². The van der Waals surface area contributed by atoms with E-state index in [2.05, 4.69) is 35.0 Å². The van der Waals surface area contributed by atoms with Gasteiger partial charge >= 0.3 is 0 Å². The van der Waals surface area contributed by atoms with E-state index < -0.39 is 5.91 Å². The quantitative estimate of drug-likeness (QED) is 0.760. The fourth-order valence-electron chi connectivity index (χ4n) is 2.81. The van der Waals surface area contributed by atoms with E-state index in [1.165, 1.54) is 4.70 Å². The summed E-state index contributed by atoms with van der Waals surface area (Å²) in [4.78, 5) is 16.2. The van der Waals surface area contributed by atoms with Gasteiger partial charge in [0, 0.05) is 26.7 Å². The highest BCUT2D eigenvalue weighted by Gasteiger charge is 2.12. The van der Waals surface area contributed by atoms with Gasteiger partial charge in [0.25, 0.3) is 0 Å². The lowest BCUT2D eigenvalue weighted by atomic mass is 10.1. The molecule has 23 heavy (non-hydrogen) atoms. The number of nitrogens with two attached hydrogens (primary N) is 1. The first kappa shape index (κ1) is 14.0. The molecule has 114 valence electrons. The summed E-state index contributed by atoms with van der Waals surface area (Å²) >= 11 is 1.68. The van der Waals surface area contributed by atoms with Crippen LogP contribution in [0, 0.1) is 0 Å². The monoisotopic (exact) mass is 321 g/mol. The average molecular weight is 321 g/mol. The molecule has 1 aliphatic rings. The molecule has 2 aromatic heterocycles. The van der Waals surface area contributed by atoms with Crippen molar-refractivity contribution in [3.05, 3.63) is 59.1 Å². The largest absolute Gasteiger partial charge is 0.366 e. The SMILES string of the molecule is NC(=O)c1ccc2c(c1)nc(NC1=CC=CCC1)c1ccsc12. The highest BCUT2D eigenvalue weighted by Crippen LogP contribution is 2.34. The maximum atomic E-state index is 11.4. The highest BCUT2D eigenvalue weighted by molar-refractivity contribution is 7.18. The van der Waals surface area contributed by atoms with Crippen LogP contribution in [-0.4, -0.2) is 10.9 Å². The van der Waals surface area contributed by atoms with Gasteiger partial charge in [-0.3, -0.25) is 4.79 Å². The average Bonchev–Trinajstić information content (AvgIpc) is 3.05. The van der Waals surface area contributed by atoms with Crippen LogP contribution in [0.4, 0.5) is 5.82 Å². The second kappa shape index (κ2) is 5.52. The Kier molecular flexibility index (Phi) is 3.35. The molecule has 0 bridgehead atoms. The maximum Gasteiger partial charge on any atom is 0.248 e. The zero-order valence-electron chi connectivity index (χ0n) is 12.4. The van der Waals surface area contributed by atoms with Gasteiger partial charge in [-0.1, -0.05) is 18.2 Å². The Morgan fingerprint density at radius 1 is 1.26 bits per heavy atom. The molecule has 0 fully saturated rings. The zero-order valence-corrected chi connectivity index (χ0v) is 13.2. The van der Waals surface area contributed by atoms with Crippen LogP contribution in [-0.2, 0) is 0 Å². The second-order valence-electron chi connectivity index (χ2n) is 5.50. The smallest absolute Gasteiger partial charge is 0.248 e. The number of amides is 1. The van der Waals surface area contributed by atoms with E-state index in [0.29, 0.717) is 5.56 Å². The summed E-state index contributed by atoms with van der Waals surface area (Å²) in [5.41, 5.74) is 7.80. The minimum Gasteiger partial charge on any atom is -0.366 e. The summed E-state index contributed by atoms with van der Waals surface area (Å²) in [6.07, 6.45) is 8.29. The number of pyridine rings is 1. The summed E-state index contributed by atoms with van der Waals surface area (Å²) in [5.74, 6) is 0.395. The molecule has 4 nitrogen and oxygen atoms in total. The molecule has 0 saturated heterocycles. The zero-order chi connectivity index (χ0) is 15.8. The van der Waals surface area contributed by atoms with Gasteiger partial charge in [-0.2, -0.15) is 0 Å². The minimum atomic E-state index is -0.436. The van der Waals surface area contributed by atoms with Crippen molar-refractivity contribution >= 4 is 44.1 Å². The Morgan fingerprint density at radius 2 is 2.17 bits per heavy atom. The Morgan fingerprint density at radius 3 is 2.96 bits per heavy atom. The van der Waals surface area contributed by atoms with E-state index in [1.54, 1.807) is 23.5 Å². The Labute approximate surface area is 137 Å². The molecule has 2 heterocycles. The fourth-order valence-corrected chi connectivity index (χ4v) is 3.74. The number of benzene rings is 1. The number of nitrogens with one attached hydrogen (secondary N) is 1. The molecule has 3 N–H and O–H groups in total. The third kappa shape index (κ3) is 2.49. The van der Waals surface area contributed by atoms with Crippen LogP contribution < -0.4 is 11.1 Å². The molecule has 3 aromatic rings. The number of fused-ring (bicyclic) bond motifs is 3. The summed E-state index contributed by atoms with van der Waals surface area (Å²) in [7, 11) is 0. The van der Waals surface area contributed by atoms with Crippen molar-refractivity contribution in [1.29, 1.82) is 0 Å². The standard InChI is InChI=1S/C18H15N3OS/c19-17(22)11-6-7-13-15(10-11)21-18(14-8-9-23-16(13)14)20-12-4-2-1-3-5-12/h1-2,4,6-10H,3,5H2,(H2,19,22)(H,20,21). The molecule has 0 saturated carbocycles. The molecular weight excluding hydrogens is 306 g/mol. The third-order valence-corrected chi connectivity index (χ3v) is 4.92. The van der Waals surface area contributed by atoms with Crippen LogP contribution in [0.5, 0.6) is 0 Å². The first-order valence-electron chi connectivity index (χ1n) is 7.46. The number of nitrogens with zero attached hydrogens (tertiary/aromatic N) is 1. The molecule has 5 heteroatoms. The lowest BCUT2D eigenvalue weighted by molar-refractivity contribution is 0.100. The van der Waals surface area contributed by atoms with Gasteiger partial charge in [-0.25, -0.2) is 4.98 Å². The molecule has 1 amide bonds. The summed E-state index contributed by atoms with van der Waals surface area (Å²) in [5, 5.41) is 7.65. The first-order valence-corrected chi connectivity index (χ1v) is 8.34. The summed E-state index contributed by atoms with van der Waals surface area (Å²) in [6, 6.07) is 7.52. The predicted molar refractivity (Wildman–Crippen MR) is 95.7 cm³/mol. The highest BCUT2D eigenvalue weighted by atomic mass is 32.1. The first-order chi connectivity index (χ1) is 11.2. The van der Waals surface area contributed by atoms with Crippen LogP contribution in [0.15, 0.2) is 53.6 Å². The molecule has 0 unspecified atom stereocenters. The predicted octanol–water partition coefficient (Wildman–Crippen LogP) is 4.19. The number of allylic oxidation sites excluding steroid dienone is 4. The van der Waals surface area contributed by atoms with Crippen molar-refractivity contribution in [2.45, 2.75) is 12.8 Å². The number of primary amides is 1. The van der Waals surface area contributed by atoms with Crippen LogP contribution in [0.2, 0.25) is 0 Å². The Bertz CT molecular complexity index is 985. The Balaban J connectivity index is 1.90. The molecule has 1 aromatic carbocycles. The normalized spacial score (nSPS) is 14.2. The van der Waals surface area contributed by atoms with Gasteiger partial charge in [0.15, 0.2) is 0 Å². The minimum absolute atomic E-state index is 0.436. The van der Waals surface area contributed by atoms with Gasteiger partial charge in [-0.15, -0.1) is 11.3 Å². The number of carbonyl (C=O) groups is 1. The van der Waals surface area contributed by atoms with Crippen LogP contribution >= 0.6 is 11.3 Å². The molecule has 4 rings (SSSR count). The summed E-state index contributed by atoms with van der Waals surface area (Å²) < 4.78 is 1.17. The fraction of sp³-hybridized carbons (Fsp3) is 0.111. The van der Waals surface area contributed by atoms with Gasteiger partial charge in [-0.05, 0) is 42.5 Å². The van der Waals surface area contributed by atoms with Gasteiger partial charge in [0.2, 0.25) is 5.91 Å². The van der Waals surface area contributed by atoms with Crippen LogP contribution in [0.3, 0.4) is 0 Å². The van der Waals surface area contributed by atoms with Crippen LogP contribution in [0.25, 0.3) is 21.0 Å². The number of rotatable bonds is 3. The van der Waals surface area contributed by atoms with E-state index >= 15 is 0 Å². The van der Waals surface area contributed by atoms with Gasteiger partial charge < -0.3 is 11.1 Å². The lowest BCUT2D eigenvalue weighted by Crippen LogP contribution is -2.10. The number of hydrogen-bond donors (Lipinski definition) is 2. The second-order valence-corrected chi connectivity index (χ2v) is 6.42. The molecule has 0 aliphatic heterocycles. The van der Waals surface area contributed by atoms with Crippen LogP contribution in [0.1, 0.15) is 23.2 Å². The molecular formula is C18H15N3OS. The molecule has 0 spiro atoms. The lowest BCUT2D eigenvalue weighted by Gasteiger charge is -2.13. The van der Waals surface area contributed by atoms with Crippen molar-refractivity contribution < 1.29 is 4.79 Å². The van der Waals surface area contributed by atoms with Crippen molar-refractivity contribution in [1.82, 2.24) is 4.98 Å². The van der Waals surface area contributed by atoms with E-state index in [-0.39, 0.29) is 0 Å².